The standard InChI is InChI=1S/C18H15FN2O7/c1-10(22)28-13-4-2-3-12(9-13)17(23)20-15(18(24)25)7-11-5-6-14(19)16(8-11)21(26)27/h2-6,8-9,15H,7H2,1H3,(H,20,23)(H,24,25)/t15-/m1/s1. The Morgan fingerprint density at radius 1 is 1.25 bits per heavy atom. The van der Waals surface area contributed by atoms with Crippen molar-refractivity contribution in [1.82, 2.24) is 5.32 Å². The Hall–Kier alpha value is -3.82. The minimum Gasteiger partial charge on any atom is -0.480 e. The highest BCUT2D eigenvalue weighted by Crippen LogP contribution is 2.20. The zero-order valence-corrected chi connectivity index (χ0v) is 14.5. The number of carbonyl (C=O) groups is 3. The summed E-state index contributed by atoms with van der Waals surface area (Å²) in [5, 5.41) is 22.4. The predicted molar refractivity (Wildman–Crippen MR) is 93.4 cm³/mol. The summed E-state index contributed by atoms with van der Waals surface area (Å²) in [4.78, 5) is 44.7. The Labute approximate surface area is 157 Å². The molecular formula is C18H15FN2O7. The normalized spacial score (nSPS) is 11.4. The third-order valence-corrected chi connectivity index (χ3v) is 3.61. The van der Waals surface area contributed by atoms with Gasteiger partial charge >= 0.3 is 17.6 Å². The largest absolute Gasteiger partial charge is 0.480 e. The molecule has 0 saturated heterocycles. The van der Waals surface area contributed by atoms with E-state index in [1.54, 1.807) is 0 Å². The number of nitro benzene ring substituents is 1. The molecule has 2 aromatic rings. The van der Waals surface area contributed by atoms with Crippen LogP contribution >= 0.6 is 0 Å². The Balaban J connectivity index is 2.18. The van der Waals surface area contributed by atoms with E-state index in [0.717, 1.165) is 12.1 Å². The molecule has 2 rings (SSSR count). The number of benzene rings is 2. The fourth-order valence-corrected chi connectivity index (χ4v) is 2.37. The first-order valence-electron chi connectivity index (χ1n) is 7.92. The highest BCUT2D eigenvalue weighted by molar-refractivity contribution is 5.97. The number of carbonyl (C=O) groups excluding carboxylic acids is 2. The third-order valence-electron chi connectivity index (χ3n) is 3.61. The average molecular weight is 390 g/mol. The van der Waals surface area contributed by atoms with Gasteiger partial charge in [0.1, 0.15) is 11.8 Å². The van der Waals surface area contributed by atoms with Crippen LogP contribution in [0, 0.1) is 15.9 Å². The van der Waals surface area contributed by atoms with E-state index in [4.69, 9.17) is 4.74 Å². The molecule has 0 heterocycles. The number of ether oxygens (including phenoxy) is 1. The highest BCUT2D eigenvalue weighted by atomic mass is 19.1. The lowest BCUT2D eigenvalue weighted by molar-refractivity contribution is -0.387. The fraction of sp³-hybridized carbons (Fsp3) is 0.167. The van der Waals surface area contributed by atoms with Gasteiger partial charge in [0, 0.05) is 25.0 Å². The molecule has 0 radical (unpaired) electrons. The molecule has 28 heavy (non-hydrogen) atoms. The molecule has 0 aliphatic carbocycles. The Bertz CT molecular complexity index is 945. The SMILES string of the molecule is CC(=O)Oc1cccc(C(=O)N[C@H](Cc2ccc(F)c([N+](=O)[O-])c2)C(=O)O)c1. The van der Waals surface area contributed by atoms with Crippen LogP contribution in [0.4, 0.5) is 10.1 Å². The third kappa shape index (κ3) is 5.34. The Morgan fingerprint density at radius 3 is 2.57 bits per heavy atom. The Morgan fingerprint density at radius 2 is 1.96 bits per heavy atom. The summed E-state index contributed by atoms with van der Waals surface area (Å²) in [6, 6.07) is 7.11. The molecule has 0 aliphatic heterocycles. The monoisotopic (exact) mass is 390 g/mol. The second kappa shape index (κ2) is 8.71. The van der Waals surface area contributed by atoms with E-state index in [9.17, 15) is 34.0 Å². The zero-order chi connectivity index (χ0) is 20.8. The number of carboxylic acids is 1. The summed E-state index contributed by atoms with van der Waals surface area (Å²) >= 11 is 0. The number of hydrogen-bond donors (Lipinski definition) is 2. The first-order valence-corrected chi connectivity index (χ1v) is 7.92. The van der Waals surface area contributed by atoms with Crippen molar-refractivity contribution in [3.8, 4) is 5.75 Å². The molecule has 10 heteroatoms. The van der Waals surface area contributed by atoms with Crippen molar-refractivity contribution >= 4 is 23.5 Å². The quantitative estimate of drug-likeness (QED) is 0.320. The fourth-order valence-electron chi connectivity index (χ4n) is 2.37. The summed E-state index contributed by atoms with van der Waals surface area (Å²) in [6.45, 7) is 1.19. The number of esters is 1. The van der Waals surface area contributed by atoms with E-state index < -0.39 is 40.3 Å². The molecule has 0 bridgehead atoms. The molecule has 0 fully saturated rings. The van der Waals surface area contributed by atoms with Gasteiger partial charge in [-0.2, -0.15) is 4.39 Å². The van der Waals surface area contributed by atoms with E-state index in [1.807, 2.05) is 0 Å². The molecule has 1 amide bonds. The van der Waals surface area contributed by atoms with E-state index in [0.29, 0.717) is 0 Å². The number of amides is 1. The molecule has 0 aromatic heterocycles. The summed E-state index contributed by atoms with van der Waals surface area (Å²) in [5.74, 6) is -3.65. The summed E-state index contributed by atoms with van der Waals surface area (Å²) < 4.78 is 18.3. The molecule has 9 nitrogen and oxygen atoms in total. The van der Waals surface area contributed by atoms with Crippen LogP contribution in [0.1, 0.15) is 22.8 Å². The maximum absolute atomic E-state index is 13.4. The molecule has 0 aliphatic rings. The van der Waals surface area contributed by atoms with E-state index in [1.165, 1.54) is 37.3 Å². The number of nitro groups is 1. The van der Waals surface area contributed by atoms with Crippen molar-refractivity contribution in [2.45, 2.75) is 19.4 Å². The number of nitrogens with zero attached hydrogens (tertiary/aromatic N) is 1. The van der Waals surface area contributed by atoms with E-state index >= 15 is 0 Å². The maximum atomic E-state index is 13.4. The van der Waals surface area contributed by atoms with Gasteiger partial charge in [0.25, 0.3) is 5.91 Å². The van der Waals surface area contributed by atoms with Crippen LogP contribution < -0.4 is 10.1 Å². The molecule has 2 N–H and O–H groups in total. The van der Waals surface area contributed by atoms with E-state index in [-0.39, 0.29) is 23.3 Å². The molecule has 146 valence electrons. The minimum absolute atomic E-state index is 0.0510. The number of carboxylic acid groups (broad SMARTS) is 1. The van der Waals surface area contributed by atoms with Gasteiger partial charge in [0.05, 0.1) is 4.92 Å². The van der Waals surface area contributed by atoms with Crippen molar-refractivity contribution < 1.29 is 33.5 Å². The molecule has 0 spiro atoms. The lowest BCUT2D eigenvalue weighted by Gasteiger charge is -2.15. The van der Waals surface area contributed by atoms with Gasteiger partial charge in [-0.15, -0.1) is 0 Å². The zero-order valence-electron chi connectivity index (χ0n) is 14.5. The van der Waals surface area contributed by atoms with Crippen LogP contribution in [0.2, 0.25) is 0 Å². The summed E-state index contributed by atoms with van der Waals surface area (Å²) in [5.41, 5.74) is -0.577. The smallest absolute Gasteiger partial charge is 0.326 e. The second-order valence-corrected chi connectivity index (χ2v) is 5.73. The molecule has 0 unspecified atom stereocenters. The second-order valence-electron chi connectivity index (χ2n) is 5.73. The molecule has 1 atom stereocenters. The molecular weight excluding hydrogens is 375 g/mol. The van der Waals surface area contributed by atoms with Crippen molar-refractivity contribution in [2.24, 2.45) is 0 Å². The lowest BCUT2D eigenvalue weighted by atomic mass is 10.0. The van der Waals surface area contributed by atoms with E-state index in [2.05, 4.69) is 5.32 Å². The lowest BCUT2D eigenvalue weighted by Crippen LogP contribution is -2.42. The van der Waals surface area contributed by atoms with Gasteiger partial charge in [0.2, 0.25) is 5.82 Å². The minimum atomic E-state index is -1.42. The first kappa shape index (κ1) is 20.5. The number of rotatable bonds is 7. The first-order chi connectivity index (χ1) is 13.2. The van der Waals surface area contributed by atoms with Crippen molar-refractivity contribution in [2.75, 3.05) is 0 Å². The topological polar surface area (TPSA) is 136 Å². The van der Waals surface area contributed by atoms with Gasteiger partial charge in [-0.1, -0.05) is 12.1 Å². The van der Waals surface area contributed by atoms with Crippen molar-refractivity contribution in [3.63, 3.8) is 0 Å². The number of aliphatic carboxylic acids is 1. The summed E-state index contributed by atoms with van der Waals surface area (Å²) in [6.07, 6.45) is -0.300. The van der Waals surface area contributed by atoms with Gasteiger partial charge in [0.15, 0.2) is 0 Å². The van der Waals surface area contributed by atoms with Crippen LogP contribution in [-0.4, -0.2) is 33.9 Å². The summed E-state index contributed by atoms with van der Waals surface area (Å²) in [7, 11) is 0. The van der Waals surface area contributed by atoms with Crippen LogP contribution in [0.3, 0.4) is 0 Å². The van der Waals surface area contributed by atoms with Gasteiger partial charge in [-0.25, -0.2) is 4.79 Å². The van der Waals surface area contributed by atoms with Crippen LogP contribution in [0.5, 0.6) is 5.75 Å². The highest BCUT2D eigenvalue weighted by Gasteiger charge is 2.23. The number of hydrogen-bond acceptors (Lipinski definition) is 6. The van der Waals surface area contributed by atoms with Crippen LogP contribution in [-0.2, 0) is 16.0 Å². The molecule has 0 saturated carbocycles. The van der Waals surface area contributed by atoms with Crippen LogP contribution in [0.25, 0.3) is 0 Å². The molecule has 2 aromatic carbocycles. The Kier molecular flexibility index (Phi) is 6.38. The van der Waals surface area contributed by atoms with Crippen LogP contribution in [0.15, 0.2) is 42.5 Å². The van der Waals surface area contributed by atoms with Crippen molar-refractivity contribution in [3.05, 3.63) is 69.5 Å². The maximum Gasteiger partial charge on any atom is 0.326 e. The average Bonchev–Trinajstić information content (AvgIpc) is 2.61. The predicted octanol–water partition coefficient (Wildman–Crippen LogP) is 2.08. The number of halogens is 1. The van der Waals surface area contributed by atoms with Gasteiger partial charge < -0.3 is 15.2 Å². The van der Waals surface area contributed by atoms with Gasteiger partial charge in [-0.05, 0) is 29.8 Å². The van der Waals surface area contributed by atoms with Crippen molar-refractivity contribution in [1.29, 1.82) is 0 Å². The van der Waals surface area contributed by atoms with Gasteiger partial charge in [-0.3, -0.25) is 19.7 Å². The number of nitrogens with one attached hydrogen (secondary N) is 1.